The average Bonchev–Trinajstić information content (AvgIpc) is 2.82. The molecule has 1 unspecified atom stereocenters. The molecule has 0 radical (unpaired) electrons. The van der Waals surface area contributed by atoms with Crippen molar-refractivity contribution in [1.82, 2.24) is 10.6 Å². The number of ether oxygens (including phenoxy) is 1. The molecule has 2 aromatic carbocycles. The number of rotatable bonds is 1. The number of urea groups is 1. The van der Waals surface area contributed by atoms with Crippen molar-refractivity contribution < 1.29 is 14.3 Å². The average molecular weight is 294 g/mol. The molecule has 2 heterocycles. The molecule has 0 saturated carbocycles. The summed E-state index contributed by atoms with van der Waals surface area (Å²) in [5, 5.41) is 5.11. The molecule has 1 fully saturated rings. The van der Waals surface area contributed by atoms with Crippen molar-refractivity contribution in [2.45, 2.75) is 12.0 Å². The highest BCUT2D eigenvalue weighted by Gasteiger charge is 2.51. The van der Waals surface area contributed by atoms with Crippen LogP contribution in [0.2, 0.25) is 0 Å². The lowest BCUT2D eigenvalue weighted by Gasteiger charge is -2.33. The Labute approximate surface area is 127 Å². The number of carbonyl (C=O) groups is 2. The highest BCUT2D eigenvalue weighted by Crippen LogP contribution is 2.44. The molecule has 3 amide bonds. The second-order valence-electron chi connectivity index (χ2n) is 5.46. The van der Waals surface area contributed by atoms with Gasteiger partial charge in [-0.05, 0) is 5.56 Å². The monoisotopic (exact) mass is 294 g/mol. The Hall–Kier alpha value is -2.82. The van der Waals surface area contributed by atoms with Crippen molar-refractivity contribution >= 4 is 11.9 Å². The van der Waals surface area contributed by atoms with Crippen LogP contribution in [-0.4, -0.2) is 18.5 Å². The van der Waals surface area contributed by atoms with Gasteiger partial charge in [0, 0.05) is 17.5 Å². The van der Waals surface area contributed by atoms with Gasteiger partial charge in [0.2, 0.25) is 0 Å². The molecular formula is C17H14N2O3. The van der Waals surface area contributed by atoms with Crippen molar-refractivity contribution in [2.24, 2.45) is 0 Å². The molecule has 5 heteroatoms. The third-order valence-electron chi connectivity index (χ3n) is 4.22. The van der Waals surface area contributed by atoms with Gasteiger partial charge < -0.3 is 10.1 Å². The first-order chi connectivity index (χ1) is 10.7. The van der Waals surface area contributed by atoms with Gasteiger partial charge in [-0.15, -0.1) is 0 Å². The molecule has 0 bridgehead atoms. The Morgan fingerprint density at radius 2 is 1.82 bits per heavy atom. The van der Waals surface area contributed by atoms with Crippen molar-refractivity contribution in [3.05, 3.63) is 54.1 Å². The first kappa shape index (κ1) is 12.9. The van der Waals surface area contributed by atoms with E-state index in [1.54, 1.807) is 0 Å². The number of carbonyl (C=O) groups excluding carboxylic acids is 2. The first-order valence-electron chi connectivity index (χ1n) is 7.16. The van der Waals surface area contributed by atoms with Crippen molar-refractivity contribution in [2.75, 3.05) is 6.61 Å². The van der Waals surface area contributed by atoms with E-state index >= 15 is 0 Å². The first-order valence-corrected chi connectivity index (χ1v) is 7.16. The fourth-order valence-electron chi connectivity index (χ4n) is 3.17. The zero-order chi connectivity index (χ0) is 15.2. The van der Waals surface area contributed by atoms with Crippen LogP contribution < -0.4 is 15.4 Å². The van der Waals surface area contributed by atoms with Crippen molar-refractivity contribution in [3.63, 3.8) is 0 Å². The second kappa shape index (κ2) is 4.59. The minimum absolute atomic E-state index is 0.313. The lowest BCUT2D eigenvalue weighted by molar-refractivity contribution is -0.125. The van der Waals surface area contributed by atoms with Crippen LogP contribution in [0.15, 0.2) is 48.5 Å². The van der Waals surface area contributed by atoms with Crippen LogP contribution in [0.4, 0.5) is 4.79 Å². The summed E-state index contributed by atoms with van der Waals surface area (Å²) in [4.78, 5) is 23.9. The molecule has 1 saturated heterocycles. The quantitative estimate of drug-likeness (QED) is 0.792. The summed E-state index contributed by atoms with van der Waals surface area (Å²) in [7, 11) is 0. The summed E-state index contributed by atoms with van der Waals surface area (Å²) in [6, 6.07) is 15.1. The minimum Gasteiger partial charge on any atom is -0.492 e. The van der Waals surface area contributed by atoms with Crippen molar-refractivity contribution in [1.29, 1.82) is 0 Å². The van der Waals surface area contributed by atoms with E-state index in [2.05, 4.69) is 10.6 Å². The predicted octanol–water partition coefficient (Wildman–Crippen LogP) is 2.17. The largest absolute Gasteiger partial charge is 0.492 e. The van der Waals surface area contributed by atoms with Gasteiger partial charge in [0.15, 0.2) is 5.54 Å². The topological polar surface area (TPSA) is 67.4 Å². The standard InChI is InChI=1S/C17H14N2O3/c20-15-17(19-16(21)18-15)9-10-22-14-12(7-4-8-13(14)17)11-5-2-1-3-6-11/h1-8H,9-10H2,(H2,18,19,20,21). The highest BCUT2D eigenvalue weighted by atomic mass is 16.5. The maximum absolute atomic E-state index is 12.3. The summed E-state index contributed by atoms with van der Waals surface area (Å²) >= 11 is 0. The number of nitrogens with one attached hydrogen (secondary N) is 2. The van der Waals surface area contributed by atoms with Gasteiger partial charge >= 0.3 is 6.03 Å². The lowest BCUT2D eigenvalue weighted by Crippen LogP contribution is -2.47. The van der Waals surface area contributed by atoms with E-state index in [4.69, 9.17) is 4.74 Å². The number of benzene rings is 2. The number of para-hydroxylation sites is 1. The van der Waals surface area contributed by atoms with E-state index in [0.29, 0.717) is 24.3 Å². The van der Waals surface area contributed by atoms with E-state index in [9.17, 15) is 9.59 Å². The highest BCUT2D eigenvalue weighted by molar-refractivity contribution is 6.08. The fourth-order valence-corrected chi connectivity index (χ4v) is 3.17. The van der Waals surface area contributed by atoms with Gasteiger partial charge in [0.25, 0.3) is 5.91 Å². The summed E-state index contributed by atoms with van der Waals surface area (Å²) in [6.07, 6.45) is 0.426. The van der Waals surface area contributed by atoms with E-state index in [1.807, 2.05) is 48.5 Å². The summed E-state index contributed by atoms with van der Waals surface area (Å²) < 4.78 is 5.85. The SMILES string of the molecule is O=C1NC(=O)C2(CCOc3c(-c4ccccc4)cccc32)N1. The van der Waals surface area contributed by atoms with Crippen LogP contribution in [-0.2, 0) is 10.3 Å². The summed E-state index contributed by atoms with van der Waals surface area (Å²) in [5.41, 5.74) is 1.63. The lowest BCUT2D eigenvalue weighted by atomic mass is 9.82. The molecule has 1 spiro atoms. The molecule has 4 rings (SSSR count). The third kappa shape index (κ3) is 1.72. The Balaban J connectivity index is 1.91. The Morgan fingerprint density at radius 3 is 2.55 bits per heavy atom. The van der Waals surface area contributed by atoms with Gasteiger partial charge in [0.1, 0.15) is 5.75 Å². The van der Waals surface area contributed by atoms with Gasteiger partial charge in [-0.25, -0.2) is 4.79 Å². The summed E-state index contributed by atoms with van der Waals surface area (Å²) in [6.45, 7) is 0.380. The second-order valence-corrected chi connectivity index (χ2v) is 5.46. The number of hydrogen-bond donors (Lipinski definition) is 2. The van der Waals surface area contributed by atoms with E-state index in [-0.39, 0.29) is 5.91 Å². The van der Waals surface area contributed by atoms with Gasteiger partial charge in [-0.2, -0.15) is 0 Å². The van der Waals surface area contributed by atoms with Crippen LogP contribution in [0.3, 0.4) is 0 Å². The number of amides is 3. The number of hydrogen-bond acceptors (Lipinski definition) is 3. The zero-order valence-corrected chi connectivity index (χ0v) is 11.8. The molecule has 0 aliphatic carbocycles. The maximum atomic E-state index is 12.3. The van der Waals surface area contributed by atoms with Crippen molar-refractivity contribution in [3.8, 4) is 16.9 Å². The van der Waals surface area contributed by atoms with E-state index in [0.717, 1.165) is 11.1 Å². The summed E-state index contributed by atoms with van der Waals surface area (Å²) in [5.74, 6) is 0.351. The Bertz CT molecular complexity index is 773. The maximum Gasteiger partial charge on any atom is 0.322 e. The van der Waals surface area contributed by atoms with Crippen LogP contribution in [0.25, 0.3) is 11.1 Å². The molecule has 2 aliphatic heterocycles. The molecule has 2 aliphatic rings. The van der Waals surface area contributed by atoms with E-state index in [1.165, 1.54) is 0 Å². The van der Waals surface area contributed by atoms with Gasteiger partial charge in [-0.1, -0.05) is 48.5 Å². The smallest absolute Gasteiger partial charge is 0.322 e. The van der Waals surface area contributed by atoms with Gasteiger partial charge in [-0.3, -0.25) is 10.1 Å². The molecule has 1 atom stereocenters. The molecule has 5 nitrogen and oxygen atoms in total. The molecular weight excluding hydrogens is 280 g/mol. The predicted molar refractivity (Wildman–Crippen MR) is 80.3 cm³/mol. The molecule has 0 aromatic heterocycles. The van der Waals surface area contributed by atoms with Crippen LogP contribution in [0.5, 0.6) is 5.75 Å². The van der Waals surface area contributed by atoms with Crippen LogP contribution >= 0.6 is 0 Å². The fraction of sp³-hybridized carbons (Fsp3) is 0.176. The van der Waals surface area contributed by atoms with Crippen LogP contribution in [0.1, 0.15) is 12.0 Å². The third-order valence-corrected chi connectivity index (χ3v) is 4.22. The normalized spacial score (nSPS) is 22.7. The number of imide groups is 1. The van der Waals surface area contributed by atoms with Crippen LogP contribution in [0, 0.1) is 0 Å². The zero-order valence-electron chi connectivity index (χ0n) is 11.8. The molecule has 2 aromatic rings. The number of fused-ring (bicyclic) bond motifs is 2. The Morgan fingerprint density at radius 1 is 1.00 bits per heavy atom. The Kier molecular flexibility index (Phi) is 2.69. The molecule has 2 N–H and O–H groups in total. The molecule has 22 heavy (non-hydrogen) atoms. The molecule has 110 valence electrons. The minimum atomic E-state index is -1.02. The van der Waals surface area contributed by atoms with Gasteiger partial charge in [0.05, 0.1) is 6.61 Å². The van der Waals surface area contributed by atoms with E-state index < -0.39 is 11.6 Å².